The van der Waals surface area contributed by atoms with Gasteiger partial charge in [-0.05, 0) is 59.5 Å². The van der Waals surface area contributed by atoms with Gasteiger partial charge in [-0.2, -0.15) is 0 Å². The topological polar surface area (TPSA) is 78.8 Å². The Kier molecular flexibility index (Phi) is 5.51. The molecule has 152 valence electrons. The van der Waals surface area contributed by atoms with Gasteiger partial charge in [-0.3, -0.25) is 4.79 Å². The molecule has 29 heavy (non-hydrogen) atoms. The van der Waals surface area contributed by atoms with Crippen molar-refractivity contribution in [3.63, 3.8) is 0 Å². The monoisotopic (exact) mass is 393 g/mol. The maximum atomic E-state index is 11.9. The van der Waals surface area contributed by atoms with Crippen LogP contribution in [0.25, 0.3) is 11.1 Å². The maximum absolute atomic E-state index is 11.9. The molecule has 0 aromatic heterocycles. The first-order valence-corrected chi connectivity index (χ1v) is 10.3. The number of amides is 1. The van der Waals surface area contributed by atoms with Gasteiger partial charge in [-0.1, -0.05) is 37.3 Å². The van der Waals surface area contributed by atoms with Crippen molar-refractivity contribution in [2.24, 2.45) is 5.92 Å². The van der Waals surface area contributed by atoms with Crippen LogP contribution < -0.4 is 5.32 Å². The third kappa shape index (κ3) is 3.50. The van der Waals surface area contributed by atoms with Gasteiger partial charge in [0.2, 0.25) is 0 Å². The van der Waals surface area contributed by atoms with Crippen LogP contribution in [-0.2, 0) is 11.1 Å². The van der Waals surface area contributed by atoms with E-state index in [0.717, 1.165) is 17.5 Å². The molecule has 0 radical (unpaired) electrons. The van der Waals surface area contributed by atoms with Crippen LogP contribution in [0.2, 0.25) is 11.6 Å². The average Bonchev–Trinajstić information content (AvgIpc) is 2.91. The van der Waals surface area contributed by atoms with Crippen molar-refractivity contribution < 1.29 is 19.7 Å². The molecule has 4 rings (SSSR count). The molecule has 5 nitrogen and oxygen atoms in total. The van der Waals surface area contributed by atoms with Crippen LogP contribution >= 0.6 is 0 Å². The quantitative estimate of drug-likeness (QED) is 0.683. The smallest absolute Gasteiger partial charge is 0.307 e. The van der Waals surface area contributed by atoms with Crippen LogP contribution in [0.4, 0.5) is 0 Å². The summed E-state index contributed by atoms with van der Waals surface area (Å²) in [5.41, 5.74) is 5.08. The summed E-state index contributed by atoms with van der Waals surface area (Å²) in [6, 6.07) is 13.9. The predicted octanol–water partition coefficient (Wildman–Crippen LogP) is 2.70. The van der Waals surface area contributed by atoms with Gasteiger partial charge in [0.15, 0.2) is 0 Å². The fourth-order valence-corrected chi connectivity index (χ4v) is 4.97. The Labute approximate surface area is 172 Å². The largest absolute Gasteiger partial charge is 0.432 e. The molecule has 3 N–H and O–H groups in total. The number of benzene rings is 2. The first-order valence-electron chi connectivity index (χ1n) is 10.3. The fourth-order valence-electron chi connectivity index (χ4n) is 4.97. The third-order valence-corrected chi connectivity index (χ3v) is 6.83. The summed E-state index contributed by atoms with van der Waals surface area (Å²) >= 11 is 0. The molecule has 2 aliphatic heterocycles. The van der Waals surface area contributed by atoms with E-state index in [9.17, 15) is 15.0 Å². The Hall–Kier alpha value is -2.15. The molecule has 2 aromatic carbocycles. The standard InChI is InChI=1S/C23H28BNO4/c1-13-9-17(16-5-4-6-18(10-16)23(28)25-3)8-7-15(13)11-20-21-22(27)14(2)19(12-26)24(21)29-20/h4-10,14,19-22,26-27H,11-12H2,1-3H3,(H,25,28). The Morgan fingerprint density at radius 1 is 1.21 bits per heavy atom. The van der Waals surface area contributed by atoms with E-state index in [1.165, 1.54) is 11.1 Å². The highest BCUT2D eigenvalue weighted by atomic mass is 16.5. The van der Waals surface area contributed by atoms with Gasteiger partial charge in [0.05, 0.1) is 6.10 Å². The minimum atomic E-state index is -0.414. The van der Waals surface area contributed by atoms with Crippen molar-refractivity contribution in [1.82, 2.24) is 5.32 Å². The van der Waals surface area contributed by atoms with E-state index in [0.29, 0.717) is 5.56 Å². The number of rotatable bonds is 5. The number of hydrogen-bond acceptors (Lipinski definition) is 4. The van der Waals surface area contributed by atoms with E-state index < -0.39 is 6.10 Å². The summed E-state index contributed by atoms with van der Waals surface area (Å²) in [4.78, 5) is 11.9. The Balaban J connectivity index is 1.50. The zero-order chi connectivity index (χ0) is 20.7. The van der Waals surface area contributed by atoms with E-state index in [4.69, 9.17) is 4.65 Å². The number of aliphatic hydroxyl groups is 2. The molecule has 1 amide bonds. The Morgan fingerprint density at radius 3 is 2.66 bits per heavy atom. The van der Waals surface area contributed by atoms with Crippen molar-refractivity contribution in [2.75, 3.05) is 13.7 Å². The van der Waals surface area contributed by atoms with Crippen LogP contribution in [0.5, 0.6) is 0 Å². The van der Waals surface area contributed by atoms with Crippen molar-refractivity contribution in [3.05, 3.63) is 59.2 Å². The molecule has 5 unspecified atom stereocenters. The second-order valence-corrected chi connectivity index (χ2v) is 8.42. The number of carbonyl (C=O) groups is 1. The Morgan fingerprint density at radius 2 is 1.97 bits per heavy atom. The molecule has 2 aromatic rings. The number of hydrogen-bond donors (Lipinski definition) is 3. The molecule has 0 bridgehead atoms. The van der Waals surface area contributed by atoms with Crippen molar-refractivity contribution >= 4 is 12.8 Å². The maximum Gasteiger partial charge on any atom is 0.307 e. The minimum Gasteiger partial charge on any atom is -0.432 e. The first kappa shape index (κ1) is 20.1. The Bertz CT molecular complexity index is 918. The van der Waals surface area contributed by atoms with E-state index in [2.05, 4.69) is 30.4 Å². The van der Waals surface area contributed by atoms with Crippen molar-refractivity contribution in [1.29, 1.82) is 0 Å². The highest BCUT2D eigenvalue weighted by Gasteiger charge is 2.61. The predicted molar refractivity (Wildman–Crippen MR) is 114 cm³/mol. The molecular formula is C23H28BNO4. The van der Waals surface area contributed by atoms with E-state index >= 15 is 0 Å². The summed E-state index contributed by atoms with van der Waals surface area (Å²) in [7, 11) is 1.63. The lowest BCUT2D eigenvalue weighted by atomic mass is 9.44. The molecule has 2 heterocycles. The van der Waals surface area contributed by atoms with E-state index in [-0.39, 0.29) is 43.1 Å². The number of aliphatic hydroxyl groups excluding tert-OH is 2. The van der Waals surface area contributed by atoms with Gasteiger partial charge in [-0.15, -0.1) is 0 Å². The highest BCUT2D eigenvalue weighted by Crippen LogP contribution is 2.53. The zero-order valence-corrected chi connectivity index (χ0v) is 17.1. The average molecular weight is 393 g/mol. The van der Waals surface area contributed by atoms with Crippen LogP contribution in [0.3, 0.4) is 0 Å². The summed E-state index contributed by atoms with van der Waals surface area (Å²) in [5, 5.41) is 22.8. The van der Waals surface area contributed by atoms with Crippen LogP contribution in [-0.4, -0.2) is 48.9 Å². The van der Waals surface area contributed by atoms with Gasteiger partial charge in [0, 0.05) is 31.1 Å². The molecule has 5 atom stereocenters. The van der Waals surface area contributed by atoms with Crippen LogP contribution in [0.1, 0.15) is 28.4 Å². The lowest BCUT2D eigenvalue weighted by molar-refractivity contribution is 0.0392. The lowest BCUT2D eigenvalue weighted by Crippen LogP contribution is -2.51. The minimum absolute atomic E-state index is 0.00451. The second-order valence-electron chi connectivity index (χ2n) is 8.42. The lowest BCUT2D eigenvalue weighted by Gasteiger charge is -2.42. The number of carbonyl (C=O) groups excluding carboxylic acids is 1. The number of fused-ring (bicyclic) bond motifs is 1. The SMILES string of the molecule is CNC(=O)c1cccc(-c2ccc(CC3OB4C(CO)C(C)C(O)C43)c(C)c2)c1. The molecule has 2 fully saturated rings. The summed E-state index contributed by atoms with van der Waals surface area (Å²) in [6.07, 6.45) is 0.339. The van der Waals surface area contributed by atoms with Crippen molar-refractivity contribution in [2.45, 2.75) is 44.1 Å². The van der Waals surface area contributed by atoms with Crippen LogP contribution in [0, 0.1) is 12.8 Å². The molecule has 0 spiro atoms. The molecule has 6 heteroatoms. The van der Waals surface area contributed by atoms with E-state index in [1.807, 2.05) is 31.2 Å². The second kappa shape index (κ2) is 7.94. The van der Waals surface area contributed by atoms with Gasteiger partial charge >= 0.3 is 6.92 Å². The molecule has 2 saturated heterocycles. The van der Waals surface area contributed by atoms with Gasteiger partial charge < -0.3 is 20.2 Å². The number of aryl methyl sites for hydroxylation is 1. The van der Waals surface area contributed by atoms with E-state index in [1.54, 1.807) is 7.05 Å². The third-order valence-electron chi connectivity index (χ3n) is 6.83. The molecule has 0 saturated carbocycles. The van der Waals surface area contributed by atoms with Gasteiger partial charge in [-0.25, -0.2) is 0 Å². The number of nitrogens with one attached hydrogen (secondary N) is 1. The first-order chi connectivity index (χ1) is 13.9. The zero-order valence-electron chi connectivity index (χ0n) is 17.1. The van der Waals surface area contributed by atoms with Gasteiger partial charge in [0.25, 0.3) is 5.91 Å². The van der Waals surface area contributed by atoms with Crippen LogP contribution in [0.15, 0.2) is 42.5 Å². The van der Waals surface area contributed by atoms with Crippen molar-refractivity contribution in [3.8, 4) is 11.1 Å². The molecule has 2 aliphatic rings. The normalized spacial score (nSPS) is 28.0. The van der Waals surface area contributed by atoms with Gasteiger partial charge in [0.1, 0.15) is 0 Å². The fraction of sp³-hybridized carbons (Fsp3) is 0.435. The molecular weight excluding hydrogens is 365 g/mol. The summed E-state index contributed by atoms with van der Waals surface area (Å²) in [6.45, 7) is 4.12. The highest BCUT2D eigenvalue weighted by molar-refractivity contribution is 6.59. The summed E-state index contributed by atoms with van der Waals surface area (Å²) in [5.74, 6) is 0.103. The summed E-state index contributed by atoms with van der Waals surface area (Å²) < 4.78 is 6.07. The molecule has 0 aliphatic carbocycles.